The van der Waals surface area contributed by atoms with E-state index in [0.29, 0.717) is 18.7 Å². The van der Waals surface area contributed by atoms with Crippen LogP contribution < -0.4 is 0 Å². The zero-order chi connectivity index (χ0) is 11.3. The lowest BCUT2D eigenvalue weighted by Gasteiger charge is -2.32. The van der Waals surface area contributed by atoms with Crippen molar-refractivity contribution < 1.29 is 8.42 Å². The van der Waals surface area contributed by atoms with Crippen molar-refractivity contribution in [1.29, 1.82) is 0 Å². The van der Waals surface area contributed by atoms with Crippen LogP contribution >= 0.6 is 0 Å². The molecule has 0 amide bonds. The van der Waals surface area contributed by atoms with Crippen LogP contribution in [0.5, 0.6) is 0 Å². The van der Waals surface area contributed by atoms with Crippen LogP contribution in [0.15, 0.2) is 0 Å². The molecule has 0 atom stereocenters. The fourth-order valence-corrected chi connectivity index (χ4v) is 4.24. The second-order valence-corrected chi connectivity index (χ2v) is 6.35. The molecule has 0 aromatic rings. The predicted octanol–water partition coefficient (Wildman–Crippen LogP) is 2.38. The Labute approximate surface area is 93.9 Å². The molecule has 1 aliphatic carbocycles. The first-order chi connectivity index (χ1) is 7.11. The summed E-state index contributed by atoms with van der Waals surface area (Å²) in [6, 6.07) is 0.278. The number of hydrogen-bond donors (Lipinski definition) is 0. The summed E-state index contributed by atoms with van der Waals surface area (Å²) in [6.07, 6.45) is 6.45. The molecule has 0 N–H and O–H groups in total. The SMILES string of the molecule is CCCS(=O)(=O)N(CC)C1CCCCC1. The van der Waals surface area contributed by atoms with Gasteiger partial charge in [0.1, 0.15) is 0 Å². The van der Waals surface area contributed by atoms with Crippen molar-refractivity contribution in [2.24, 2.45) is 0 Å². The van der Waals surface area contributed by atoms with Gasteiger partial charge in [0.25, 0.3) is 0 Å². The molecule has 0 aliphatic heterocycles. The van der Waals surface area contributed by atoms with Gasteiger partial charge in [-0.15, -0.1) is 0 Å². The van der Waals surface area contributed by atoms with E-state index in [1.165, 1.54) is 19.3 Å². The van der Waals surface area contributed by atoms with E-state index < -0.39 is 10.0 Å². The van der Waals surface area contributed by atoms with E-state index in [1.807, 2.05) is 13.8 Å². The molecule has 0 spiro atoms. The maximum Gasteiger partial charge on any atom is 0.214 e. The first kappa shape index (κ1) is 13.0. The molecule has 4 heteroatoms. The van der Waals surface area contributed by atoms with Crippen molar-refractivity contribution in [2.75, 3.05) is 12.3 Å². The van der Waals surface area contributed by atoms with Crippen molar-refractivity contribution in [3.63, 3.8) is 0 Å². The lowest BCUT2D eigenvalue weighted by molar-refractivity contribution is 0.261. The number of rotatable bonds is 5. The molecule has 0 unspecified atom stereocenters. The zero-order valence-corrected chi connectivity index (χ0v) is 10.7. The van der Waals surface area contributed by atoms with E-state index in [1.54, 1.807) is 4.31 Å². The molecule has 0 bridgehead atoms. The molecule has 1 fully saturated rings. The predicted molar refractivity (Wildman–Crippen MR) is 63.3 cm³/mol. The molecular formula is C11H23NO2S. The Morgan fingerprint density at radius 3 is 2.20 bits per heavy atom. The van der Waals surface area contributed by atoms with Crippen molar-refractivity contribution in [2.45, 2.75) is 58.4 Å². The summed E-state index contributed by atoms with van der Waals surface area (Å²) in [7, 11) is -2.99. The molecule has 0 heterocycles. The minimum atomic E-state index is -2.99. The smallest absolute Gasteiger partial charge is 0.212 e. The Hall–Kier alpha value is -0.0900. The molecule has 15 heavy (non-hydrogen) atoms. The second kappa shape index (κ2) is 5.85. The average Bonchev–Trinajstić information content (AvgIpc) is 2.19. The van der Waals surface area contributed by atoms with E-state index in [2.05, 4.69) is 0 Å². The summed E-state index contributed by atoms with van der Waals surface area (Å²) in [5, 5.41) is 0. The van der Waals surface area contributed by atoms with Crippen molar-refractivity contribution >= 4 is 10.0 Å². The highest BCUT2D eigenvalue weighted by atomic mass is 32.2. The van der Waals surface area contributed by atoms with Crippen LogP contribution in [0.1, 0.15) is 52.4 Å². The third-order valence-electron chi connectivity index (χ3n) is 3.11. The third kappa shape index (κ3) is 3.45. The van der Waals surface area contributed by atoms with Crippen molar-refractivity contribution in [1.82, 2.24) is 4.31 Å². The Balaban J connectivity index is 2.68. The number of hydrogen-bond acceptors (Lipinski definition) is 2. The van der Waals surface area contributed by atoms with Crippen LogP contribution in [0.2, 0.25) is 0 Å². The lowest BCUT2D eigenvalue weighted by atomic mass is 9.95. The maximum absolute atomic E-state index is 12.0. The molecule has 0 aromatic heterocycles. The second-order valence-electron chi connectivity index (χ2n) is 4.31. The Kier molecular flexibility index (Phi) is 5.06. The number of nitrogens with zero attached hydrogens (tertiary/aromatic N) is 1. The summed E-state index contributed by atoms with van der Waals surface area (Å²) >= 11 is 0. The van der Waals surface area contributed by atoms with Crippen molar-refractivity contribution in [3.8, 4) is 0 Å². The largest absolute Gasteiger partial charge is 0.214 e. The van der Waals surface area contributed by atoms with Crippen LogP contribution in [0.3, 0.4) is 0 Å². The van der Waals surface area contributed by atoms with Crippen molar-refractivity contribution in [3.05, 3.63) is 0 Å². The van der Waals surface area contributed by atoms with E-state index in [0.717, 1.165) is 12.8 Å². The monoisotopic (exact) mass is 233 g/mol. The van der Waals surface area contributed by atoms with Gasteiger partial charge in [0.05, 0.1) is 5.75 Å². The highest BCUT2D eigenvalue weighted by Crippen LogP contribution is 2.24. The quantitative estimate of drug-likeness (QED) is 0.731. The highest BCUT2D eigenvalue weighted by Gasteiger charge is 2.28. The van der Waals surface area contributed by atoms with Gasteiger partial charge in [0.2, 0.25) is 10.0 Å². The molecule has 1 saturated carbocycles. The topological polar surface area (TPSA) is 37.4 Å². The van der Waals surface area contributed by atoms with Crippen LogP contribution in [0.4, 0.5) is 0 Å². The standard InChI is InChI=1S/C11H23NO2S/c1-3-10-15(13,14)12(4-2)11-8-6-5-7-9-11/h11H,3-10H2,1-2H3. The van der Waals surface area contributed by atoms with Crippen LogP contribution in [0.25, 0.3) is 0 Å². The molecule has 0 aromatic carbocycles. The summed E-state index contributed by atoms with van der Waals surface area (Å²) in [5.41, 5.74) is 0. The molecule has 0 radical (unpaired) electrons. The normalized spacial score (nSPS) is 19.7. The first-order valence-electron chi connectivity index (χ1n) is 6.11. The molecule has 90 valence electrons. The van der Waals surface area contributed by atoms with E-state index >= 15 is 0 Å². The Morgan fingerprint density at radius 1 is 1.13 bits per heavy atom. The Bertz CT molecular complexity index is 268. The molecule has 1 rings (SSSR count). The molecular weight excluding hydrogens is 210 g/mol. The van der Waals surface area contributed by atoms with Gasteiger partial charge < -0.3 is 0 Å². The number of sulfonamides is 1. The summed E-state index contributed by atoms with van der Waals surface area (Å²) in [6.45, 7) is 4.50. The van der Waals surface area contributed by atoms with E-state index in [9.17, 15) is 8.42 Å². The zero-order valence-electron chi connectivity index (χ0n) is 9.91. The van der Waals surface area contributed by atoms with Crippen LogP contribution in [-0.4, -0.2) is 31.1 Å². The van der Waals surface area contributed by atoms with Gasteiger partial charge >= 0.3 is 0 Å². The highest BCUT2D eigenvalue weighted by molar-refractivity contribution is 7.89. The third-order valence-corrected chi connectivity index (χ3v) is 5.31. The van der Waals surface area contributed by atoms with Gasteiger partial charge in [-0.05, 0) is 19.3 Å². The van der Waals surface area contributed by atoms with Crippen LogP contribution in [0, 0.1) is 0 Å². The minimum Gasteiger partial charge on any atom is -0.212 e. The minimum absolute atomic E-state index is 0.278. The summed E-state index contributed by atoms with van der Waals surface area (Å²) in [5.74, 6) is 0.303. The van der Waals surface area contributed by atoms with Crippen LogP contribution in [-0.2, 0) is 10.0 Å². The fraction of sp³-hybridized carbons (Fsp3) is 1.00. The average molecular weight is 233 g/mol. The molecule has 1 aliphatic rings. The van der Waals surface area contributed by atoms with E-state index in [4.69, 9.17) is 0 Å². The first-order valence-corrected chi connectivity index (χ1v) is 7.72. The maximum atomic E-state index is 12.0. The van der Waals surface area contributed by atoms with Gasteiger partial charge in [-0.2, -0.15) is 4.31 Å². The fourth-order valence-electron chi connectivity index (χ4n) is 2.43. The van der Waals surface area contributed by atoms with Gasteiger partial charge in [0.15, 0.2) is 0 Å². The summed E-state index contributed by atoms with van der Waals surface area (Å²) in [4.78, 5) is 0. The Morgan fingerprint density at radius 2 is 1.73 bits per heavy atom. The summed E-state index contributed by atoms with van der Waals surface area (Å²) < 4.78 is 25.7. The van der Waals surface area contributed by atoms with Gasteiger partial charge in [-0.3, -0.25) is 0 Å². The molecule has 0 saturated heterocycles. The van der Waals surface area contributed by atoms with Gasteiger partial charge in [-0.25, -0.2) is 8.42 Å². The van der Waals surface area contributed by atoms with Gasteiger partial charge in [-0.1, -0.05) is 33.1 Å². The van der Waals surface area contributed by atoms with Gasteiger partial charge in [0, 0.05) is 12.6 Å². The lowest BCUT2D eigenvalue weighted by Crippen LogP contribution is -2.42. The van der Waals surface area contributed by atoms with E-state index in [-0.39, 0.29) is 6.04 Å². The molecule has 3 nitrogen and oxygen atoms in total.